The summed E-state index contributed by atoms with van der Waals surface area (Å²) < 4.78 is 5.52. The first-order chi connectivity index (χ1) is 7.25. The number of benzene rings is 1. The lowest BCUT2D eigenvalue weighted by Gasteiger charge is -2.05. The van der Waals surface area contributed by atoms with Crippen LogP contribution in [-0.2, 0) is 0 Å². The van der Waals surface area contributed by atoms with Crippen molar-refractivity contribution in [3.8, 4) is 11.6 Å². The molecule has 0 bridgehead atoms. The van der Waals surface area contributed by atoms with E-state index in [1.165, 1.54) is 0 Å². The van der Waals surface area contributed by atoms with Crippen LogP contribution in [0.2, 0.25) is 5.02 Å². The van der Waals surface area contributed by atoms with E-state index < -0.39 is 0 Å². The lowest BCUT2D eigenvalue weighted by Crippen LogP contribution is -1.88. The van der Waals surface area contributed by atoms with Gasteiger partial charge < -0.3 is 4.74 Å². The monoisotopic (exact) mass is 219 g/mol. The highest BCUT2D eigenvalue weighted by atomic mass is 35.5. The van der Waals surface area contributed by atoms with Gasteiger partial charge in [-0.15, -0.1) is 0 Å². The Balaban J connectivity index is 2.22. The summed E-state index contributed by atoms with van der Waals surface area (Å²) >= 11 is 5.95. The molecule has 0 atom stereocenters. The molecule has 0 amide bonds. The summed E-state index contributed by atoms with van der Waals surface area (Å²) in [4.78, 5) is 4.13. The molecule has 0 spiro atoms. The van der Waals surface area contributed by atoms with E-state index in [1.54, 1.807) is 12.3 Å². The average Bonchev–Trinajstić information content (AvgIpc) is 2.25. The van der Waals surface area contributed by atoms with E-state index in [0.717, 1.165) is 5.56 Å². The van der Waals surface area contributed by atoms with Gasteiger partial charge >= 0.3 is 0 Å². The van der Waals surface area contributed by atoms with Crippen LogP contribution in [0.5, 0.6) is 11.6 Å². The molecule has 0 unspecified atom stereocenters. The van der Waals surface area contributed by atoms with Crippen LogP contribution in [-0.4, -0.2) is 4.98 Å². The number of aryl methyl sites for hydroxylation is 1. The number of ether oxygens (including phenoxy) is 1. The summed E-state index contributed by atoms with van der Waals surface area (Å²) in [6, 6.07) is 11.1. The summed E-state index contributed by atoms with van der Waals surface area (Å²) in [7, 11) is 0. The smallest absolute Gasteiger partial charge is 0.219 e. The Kier molecular flexibility index (Phi) is 2.88. The third-order valence-corrected chi connectivity index (χ3v) is 2.25. The number of nitrogens with zero attached hydrogens (tertiary/aromatic N) is 1. The number of halogens is 1. The molecule has 0 aliphatic rings. The second-order valence-electron chi connectivity index (χ2n) is 3.21. The van der Waals surface area contributed by atoms with Gasteiger partial charge in [0.2, 0.25) is 5.88 Å². The third-order valence-electron chi connectivity index (χ3n) is 1.94. The minimum Gasteiger partial charge on any atom is -0.437 e. The standard InChI is InChI=1S/C12H10ClNO/c1-9-6-7-12(14-8-9)15-11-5-3-2-4-10(11)13/h2-8H,1H3. The fourth-order valence-electron chi connectivity index (χ4n) is 1.15. The lowest BCUT2D eigenvalue weighted by molar-refractivity contribution is 0.463. The molecule has 76 valence electrons. The zero-order valence-corrected chi connectivity index (χ0v) is 9.03. The molecule has 15 heavy (non-hydrogen) atoms. The van der Waals surface area contributed by atoms with Crippen LogP contribution >= 0.6 is 11.6 Å². The van der Waals surface area contributed by atoms with Crippen LogP contribution in [0.3, 0.4) is 0 Å². The second kappa shape index (κ2) is 4.32. The Morgan fingerprint density at radius 3 is 2.60 bits per heavy atom. The molecule has 0 aliphatic heterocycles. The van der Waals surface area contributed by atoms with E-state index in [4.69, 9.17) is 16.3 Å². The quantitative estimate of drug-likeness (QED) is 0.766. The Morgan fingerprint density at radius 2 is 1.93 bits per heavy atom. The van der Waals surface area contributed by atoms with Crippen LogP contribution in [0.4, 0.5) is 0 Å². The van der Waals surface area contributed by atoms with E-state index >= 15 is 0 Å². The molecule has 2 nitrogen and oxygen atoms in total. The van der Waals surface area contributed by atoms with Gasteiger partial charge in [0, 0.05) is 12.3 Å². The Hall–Kier alpha value is -1.54. The van der Waals surface area contributed by atoms with Crippen molar-refractivity contribution < 1.29 is 4.74 Å². The fourth-order valence-corrected chi connectivity index (χ4v) is 1.33. The normalized spacial score (nSPS) is 10.0. The molecular formula is C12H10ClNO. The van der Waals surface area contributed by atoms with Gasteiger partial charge in [0.15, 0.2) is 0 Å². The van der Waals surface area contributed by atoms with E-state index in [2.05, 4.69) is 4.98 Å². The predicted octanol–water partition coefficient (Wildman–Crippen LogP) is 3.84. The minimum absolute atomic E-state index is 0.550. The molecule has 0 saturated carbocycles. The van der Waals surface area contributed by atoms with Gasteiger partial charge in [-0.25, -0.2) is 4.98 Å². The molecule has 0 saturated heterocycles. The summed E-state index contributed by atoms with van der Waals surface area (Å²) in [5.41, 5.74) is 1.10. The van der Waals surface area contributed by atoms with E-state index in [9.17, 15) is 0 Å². The Bertz CT molecular complexity index is 453. The van der Waals surface area contributed by atoms with E-state index in [0.29, 0.717) is 16.7 Å². The molecule has 1 aromatic carbocycles. The van der Waals surface area contributed by atoms with E-state index in [1.807, 2.05) is 37.3 Å². The van der Waals surface area contributed by atoms with Crippen LogP contribution in [0.1, 0.15) is 5.56 Å². The maximum absolute atomic E-state index is 5.95. The Morgan fingerprint density at radius 1 is 1.13 bits per heavy atom. The highest BCUT2D eigenvalue weighted by Crippen LogP contribution is 2.27. The van der Waals surface area contributed by atoms with Crippen LogP contribution in [0.25, 0.3) is 0 Å². The molecular weight excluding hydrogens is 210 g/mol. The maximum Gasteiger partial charge on any atom is 0.219 e. The third kappa shape index (κ3) is 2.48. The number of pyridine rings is 1. The zero-order chi connectivity index (χ0) is 10.7. The molecule has 0 fully saturated rings. The lowest BCUT2D eigenvalue weighted by atomic mass is 10.3. The molecule has 0 radical (unpaired) electrons. The van der Waals surface area contributed by atoms with Crippen LogP contribution < -0.4 is 4.74 Å². The molecule has 2 rings (SSSR count). The summed E-state index contributed by atoms with van der Waals surface area (Å²) in [5, 5.41) is 0.583. The van der Waals surface area contributed by atoms with Crippen molar-refractivity contribution in [2.75, 3.05) is 0 Å². The van der Waals surface area contributed by atoms with Crippen molar-refractivity contribution in [3.63, 3.8) is 0 Å². The first-order valence-electron chi connectivity index (χ1n) is 4.61. The topological polar surface area (TPSA) is 22.1 Å². The van der Waals surface area contributed by atoms with E-state index in [-0.39, 0.29) is 0 Å². The van der Waals surface area contributed by atoms with Crippen molar-refractivity contribution in [3.05, 3.63) is 53.2 Å². The second-order valence-corrected chi connectivity index (χ2v) is 3.61. The van der Waals surface area contributed by atoms with Gasteiger partial charge in [-0.3, -0.25) is 0 Å². The summed E-state index contributed by atoms with van der Waals surface area (Å²) in [5.74, 6) is 1.17. The zero-order valence-electron chi connectivity index (χ0n) is 8.27. The fraction of sp³-hybridized carbons (Fsp3) is 0.0833. The number of hydrogen-bond donors (Lipinski definition) is 0. The number of aromatic nitrogens is 1. The van der Waals surface area contributed by atoms with Crippen molar-refractivity contribution in [2.45, 2.75) is 6.92 Å². The molecule has 1 aromatic heterocycles. The highest BCUT2D eigenvalue weighted by molar-refractivity contribution is 6.32. The predicted molar refractivity (Wildman–Crippen MR) is 60.5 cm³/mol. The Labute approximate surface area is 93.5 Å². The van der Waals surface area contributed by atoms with Gasteiger partial charge in [-0.1, -0.05) is 29.8 Å². The van der Waals surface area contributed by atoms with Gasteiger partial charge in [0.25, 0.3) is 0 Å². The molecule has 2 aromatic rings. The first-order valence-corrected chi connectivity index (χ1v) is 4.98. The number of para-hydroxylation sites is 1. The minimum atomic E-state index is 0.550. The van der Waals surface area contributed by atoms with Gasteiger partial charge in [-0.05, 0) is 24.6 Å². The van der Waals surface area contributed by atoms with Crippen molar-refractivity contribution in [2.24, 2.45) is 0 Å². The maximum atomic E-state index is 5.95. The highest BCUT2D eigenvalue weighted by Gasteiger charge is 2.01. The largest absolute Gasteiger partial charge is 0.437 e. The van der Waals surface area contributed by atoms with Crippen LogP contribution in [0, 0.1) is 6.92 Å². The molecule has 0 aliphatic carbocycles. The van der Waals surface area contributed by atoms with Gasteiger partial charge in [0.05, 0.1) is 5.02 Å². The van der Waals surface area contributed by atoms with Crippen LogP contribution in [0.15, 0.2) is 42.6 Å². The summed E-state index contributed by atoms with van der Waals surface area (Å²) in [6.45, 7) is 1.98. The molecule has 0 N–H and O–H groups in total. The average molecular weight is 220 g/mol. The SMILES string of the molecule is Cc1ccc(Oc2ccccc2Cl)nc1. The van der Waals surface area contributed by atoms with Crippen molar-refractivity contribution in [1.82, 2.24) is 4.98 Å². The number of rotatable bonds is 2. The van der Waals surface area contributed by atoms with Crippen molar-refractivity contribution in [1.29, 1.82) is 0 Å². The van der Waals surface area contributed by atoms with Gasteiger partial charge in [0.1, 0.15) is 5.75 Å². The first kappa shape index (κ1) is 9.99. The summed E-state index contributed by atoms with van der Waals surface area (Å²) in [6.07, 6.45) is 1.76. The molecule has 1 heterocycles. The van der Waals surface area contributed by atoms with Crippen molar-refractivity contribution >= 4 is 11.6 Å². The molecule has 3 heteroatoms. The van der Waals surface area contributed by atoms with Gasteiger partial charge in [-0.2, -0.15) is 0 Å². The number of hydrogen-bond acceptors (Lipinski definition) is 2.